The number of carbonyl (C=O) groups excluding carboxylic acids is 1. The maximum atomic E-state index is 13.7. The maximum Gasteiger partial charge on any atom is 0.416 e. The number of hydrogen-bond acceptors (Lipinski definition) is 5. The van der Waals surface area contributed by atoms with E-state index in [0.29, 0.717) is 28.9 Å². The van der Waals surface area contributed by atoms with Gasteiger partial charge in [-0.25, -0.2) is 4.98 Å². The molecule has 0 amide bonds. The molecular formula is C30H25F3N2O4. The van der Waals surface area contributed by atoms with Crippen LogP contribution in [-0.2, 0) is 47.3 Å². The fourth-order valence-electron chi connectivity index (χ4n) is 5.87. The first-order chi connectivity index (χ1) is 18.6. The van der Waals surface area contributed by atoms with Gasteiger partial charge in [0.2, 0.25) is 0 Å². The fourth-order valence-corrected chi connectivity index (χ4v) is 5.87. The molecule has 4 heterocycles. The van der Waals surface area contributed by atoms with Gasteiger partial charge in [-0.05, 0) is 54.2 Å². The molecule has 0 aliphatic carbocycles. The number of aryl methyl sites for hydroxylation is 2. The van der Waals surface area contributed by atoms with Gasteiger partial charge in [0, 0.05) is 10.9 Å². The summed E-state index contributed by atoms with van der Waals surface area (Å²) in [4.78, 5) is 30.7. The summed E-state index contributed by atoms with van der Waals surface area (Å²) in [5.74, 6) is -0.578. The minimum atomic E-state index is -4.46. The Morgan fingerprint density at radius 1 is 1.05 bits per heavy atom. The summed E-state index contributed by atoms with van der Waals surface area (Å²) in [5.41, 5.74) is 1.54. The predicted octanol–water partition coefficient (Wildman–Crippen LogP) is 5.27. The van der Waals surface area contributed by atoms with E-state index in [1.165, 1.54) is 12.1 Å². The fraction of sp³-hybridized carbons (Fsp3) is 0.300. The van der Waals surface area contributed by atoms with Crippen molar-refractivity contribution in [3.05, 3.63) is 98.3 Å². The van der Waals surface area contributed by atoms with Gasteiger partial charge in [0.1, 0.15) is 12.2 Å². The standard InChI is InChI=1S/C30H25F3N2O4/c1-2-29(38)14-26(36)39-16-21-23(29)13-25-27-20(15-35(25)28(21)37)18(19-8-4-6-10-24(19)34-27)12-11-17-7-3-5-9-22(17)30(31,32)33/h3-10,13,38H,2,11-12,14-16H2,1H3. The van der Waals surface area contributed by atoms with E-state index in [-0.39, 0.29) is 49.1 Å². The van der Waals surface area contributed by atoms with E-state index < -0.39 is 23.3 Å². The first-order valence-corrected chi connectivity index (χ1v) is 12.8. The third kappa shape index (κ3) is 4.12. The van der Waals surface area contributed by atoms with Gasteiger partial charge < -0.3 is 14.4 Å². The Morgan fingerprint density at radius 2 is 1.79 bits per heavy atom. The van der Waals surface area contributed by atoms with Crippen LogP contribution < -0.4 is 5.56 Å². The predicted molar refractivity (Wildman–Crippen MR) is 138 cm³/mol. The molecule has 2 aromatic heterocycles. The zero-order valence-electron chi connectivity index (χ0n) is 21.1. The van der Waals surface area contributed by atoms with Crippen LogP contribution in [0.25, 0.3) is 22.3 Å². The molecule has 2 aliphatic rings. The topological polar surface area (TPSA) is 81.4 Å². The molecule has 6 nitrogen and oxygen atoms in total. The molecule has 0 spiro atoms. The SMILES string of the molecule is CCC1(O)CC(=O)OCc2c1cc1n(c2=O)Cc2c-1nc1ccccc1c2CCc1ccccc1C(F)(F)F. The number of benzene rings is 2. The molecule has 39 heavy (non-hydrogen) atoms. The number of fused-ring (bicyclic) bond motifs is 5. The molecule has 1 unspecified atom stereocenters. The zero-order valence-corrected chi connectivity index (χ0v) is 21.1. The van der Waals surface area contributed by atoms with Crippen molar-refractivity contribution in [3.8, 4) is 11.4 Å². The van der Waals surface area contributed by atoms with Gasteiger partial charge >= 0.3 is 12.1 Å². The van der Waals surface area contributed by atoms with Gasteiger partial charge in [-0.2, -0.15) is 13.2 Å². The highest BCUT2D eigenvalue weighted by Gasteiger charge is 2.40. The normalized spacial score (nSPS) is 18.3. The molecule has 200 valence electrons. The van der Waals surface area contributed by atoms with E-state index >= 15 is 0 Å². The number of halogens is 3. The molecule has 0 saturated heterocycles. The molecular weight excluding hydrogens is 509 g/mol. The first-order valence-electron chi connectivity index (χ1n) is 12.8. The summed E-state index contributed by atoms with van der Waals surface area (Å²) < 4.78 is 47.8. The molecule has 6 rings (SSSR count). The lowest BCUT2D eigenvalue weighted by Crippen LogP contribution is -2.32. The molecule has 0 saturated carbocycles. The molecule has 4 aromatic rings. The van der Waals surface area contributed by atoms with E-state index in [0.717, 1.165) is 22.6 Å². The van der Waals surface area contributed by atoms with Crippen LogP contribution in [0.4, 0.5) is 13.2 Å². The summed E-state index contributed by atoms with van der Waals surface area (Å²) in [6.07, 6.45) is -4.04. The summed E-state index contributed by atoms with van der Waals surface area (Å²) in [6.45, 7) is 1.69. The van der Waals surface area contributed by atoms with Gasteiger partial charge in [-0.1, -0.05) is 43.3 Å². The molecule has 1 atom stereocenters. The number of carbonyl (C=O) groups is 1. The smallest absolute Gasteiger partial charge is 0.416 e. The van der Waals surface area contributed by atoms with Crippen molar-refractivity contribution >= 4 is 16.9 Å². The zero-order chi connectivity index (χ0) is 27.5. The Kier molecular flexibility index (Phi) is 5.87. The Hall–Kier alpha value is -3.98. The number of aromatic nitrogens is 2. The highest BCUT2D eigenvalue weighted by molar-refractivity contribution is 5.88. The van der Waals surface area contributed by atoms with Crippen LogP contribution in [0.15, 0.2) is 59.4 Å². The van der Waals surface area contributed by atoms with Gasteiger partial charge in [0.25, 0.3) is 5.56 Å². The van der Waals surface area contributed by atoms with Crippen molar-refractivity contribution in [2.24, 2.45) is 0 Å². The molecule has 0 radical (unpaired) electrons. The van der Waals surface area contributed by atoms with Crippen LogP contribution in [0.3, 0.4) is 0 Å². The molecule has 1 N–H and O–H groups in total. The largest absolute Gasteiger partial charge is 0.460 e. The maximum absolute atomic E-state index is 13.7. The molecule has 0 fully saturated rings. The second kappa shape index (κ2) is 9.05. The summed E-state index contributed by atoms with van der Waals surface area (Å²) in [7, 11) is 0. The van der Waals surface area contributed by atoms with Gasteiger partial charge in [-0.15, -0.1) is 0 Å². The van der Waals surface area contributed by atoms with Gasteiger partial charge in [0.05, 0.1) is 41.0 Å². The highest BCUT2D eigenvalue weighted by atomic mass is 19.4. The Balaban J connectivity index is 1.51. The second-order valence-corrected chi connectivity index (χ2v) is 10.1. The number of rotatable bonds is 4. The minimum Gasteiger partial charge on any atom is -0.460 e. The Morgan fingerprint density at radius 3 is 2.56 bits per heavy atom. The lowest BCUT2D eigenvalue weighted by molar-refractivity contribution is -0.149. The van der Waals surface area contributed by atoms with Crippen LogP contribution in [0.1, 0.15) is 53.1 Å². The van der Waals surface area contributed by atoms with Crippen molar-refractivity contribution in [2.45, 2.75) is 57.5 Å². The summed E-state index contributed by atoms with van der Waals surface area (Å²) in [6, 6.07) is 14.7. The van der Waals surface area contributed by atoms with Gasteiger partial charge in [-0.3, -0.25) is 9.59 Å². The third-order valence-corrected chi connectivity index (χ3v) is 7.94. The lowest BCUT2D eigenvalue weighted by Gasteiger charge is -2.26. The number of nitrogens with zero attached hydrogens (tertiary/aromatic N) is 2. The number of para-hydroxylation sites is 1. The number of aliphatic hydroxyl groups is 1. The molecule has 9 heteroatoms. The van der Waals surface area contributed by atoms with E-state index in [2.05, 4.69) is 0 Å². The first kappa shape index (κ1) is 25.3. The van der Waals surface area contributed by atoms with Gasteiger partial charge in [0.15, 0.2) is 0 Å². The summed E-state index contributed by atoms with van der Waals surface area (Å²) >= 11 is 0. The highest BCUT2D eigenvalue weighted by Crippen LogP contribution is 2.41. The van der Waals surface area contributed by atoms with E-state index in [1.807, 2.05) is 24.3 Å². The Labute approximate surface area is 221 Å². The van der Waals surface area contributed by atoms with E-state index in [1.54, 1.807) is 23.6 Å². The lowest BCUT2D eigenvalue weighted by atomic mass is 9.85. The Bertz CT molecular complexity index is 1710. The van der Waals surface area contributed by atoms with E-state index in [4.69, 9.17) is 9.72 Å². The van der Waals surface area contributed by atoms with Crippen molar-refractivity contribution in [3.63, 3.8) is 0 Å². The van der Waals surface area contributed by atoms with Crippen LogP contribution in [0.5, 0.6) is 0 Å². The molecule has 2 aromatic carbocycles. The van der Waals surface area contributed by atoms with Crippen molar-refractivity contribution in [1.82, 2.24) is 9.55 Å². The second-order valence-electron chi connectivity index (χ2n) is 10.1. The third-order valence-electron chi connectivity index (χ3n) is 7.94. The average molecular weight is 535 g/mol. The number of pyridine rings is 2. The number of esters is 1. The minimum absolute atomic E-state index is 0.156. The van der Waals surface area contributed by atoms with Crippen molar-refractivity contribution in [2.75, 3.05) is 0 Å². The van der Waals surface area contributed by atoms with Crippen molar-refractivity contribution < 1.29 is 27.8 Å². The number of ether oxygens (including phenoxy) is 1. The number of hydrogen-bond donors (Lipinski definition) is 1. The van der Waals surface area contributed by atoms with Crippen LogP contribution in [-0.4, -0.2) is 20.6 Å². The van der Waals surface area contributed by atoms with Crippen LogP contribution >= 0.6 is 0 Å². The number of alkyl halides is 3. The monoisotopic (exact) mass is 534 g/mol. The number of cyclic esters (lactones) is 1. The summed E-state index contributed by atoms with van der Waals surface area (Å²) in [5, 5.41) is 12.2. The quantitative estimate of drug-likeness (QED) is 0.318. The van der Waals surface area contributed by atoms with Crippen LogP contribution in [0, 0.1) is 0 Å². The molecule has 2 aliphatic heterocycles. The average Bonchev–Trinajstić information content (AvgIpc) is 3.22. The van der Waals surface area contributed by atoms with E-state index in [9.17, 15) is 27.9 Å². The molecule has 0 bridgehead atoms. The van der Waals surface area contributed by atoms with Crippen LogP contribution in [0.2, 0.25) is 0 Å². The van der Waals surface area contributed by atoms with Crippen molar-refractivity contribution in [1.29, 1.82) is 0 Å².